The number of aromatic hydroxyl groups is 4. The Morgan fingerprint density at radius 2 is 0.709 bits per heavy atom. The summed E-state index contributed by atoms with van der Waals surface area (Å²) in [5.74, 6) is 2.27. The van der Waals surface area contributed by atoms with Gasteiger partial charge in [-0.2, -0.15) is 0 Å². The predicted octanol–water partition coefficient (Wildman–Crippen LogP) is 12.1. The molecule has 0 unspecified atom stereocenters. The standard InChI is InChI=1S/C51H60O4/c1-7-11-35-31-41(15-19-45(35)52)50(42-16-20-46(53)36(32-42)12-8-2)27-23-39(24-28-50)49(5,6)40-25-29-51(30-26-40,43-17-21-47(54)37(33-43)13-9-3)44-18-22-48(55)38(34-44)14-10-4/h7-10,15-22,31-34,39-40,52-55H,1-4,11-14,23-30H2,5-6H3. The van der Waals surface area contributed by atoms with Crippen LogP contribution in [0.15, 0.2) is 123 Å². The second-order valence-electron chi connectivity index (χ2n) is 16.9. The largest absolute Gasteiger partial charge is 0.508 e. The fourth-order valence-corrected chi connectivity index (χ4v) is 10.3. The minimum Gasteiger partial charge on any atom is -0.508 e. The summed E-state index contributed by atoms with van der Waals surface area (Å²) in [6.07, 6.45) is 18.0. The van der Waals surface area contributed by atoms with Crippen molar-refractivity contribution in [1.82, 2.24) is 0 Å². The molecule has 0 atom stereocenters. The molecule has 0 aliphatic heterocycles. The first kappa shape index (κ1) is 39.7. The average molecular weight is 737 g/mol. The smallest absolute Gasteiger partial charge is 0.119 e. The Labute approximate surface area is 329 Å². The molecule has 0 radical (unpaired) electrons. The lowest BCUT2D eigenvalue weighted by Crippen LogP contribution is -2.43. The normalized spacial score (nSPS) is 17.3. The van der Waals surface area contributed by atoms with Gasteiger partial charge in [-0.15, -0.1) is 26.3 Å². The van der Waals surface area contributed by atoms with Crippen molar-refractivity contribution in [2.24, 2.45) is 17.3 Å². The van der Waals surface area contributed by atoms with Crippen molar-refractivity contribution in [3.63, 3.8) is 0 Å². The third kappa shape index (κ3) is 7.66. The SMILES string of the molecule is C=CCc1cc(C2(c3ccc(O)c(CC=C)c3)CCC(C(C)(C)C3CCC(c4ccc(O)c(CC=C)c4)(c4ccc(O)c(CC=C)c4)CC3)CC2)ccc1O. The number of benzene rings is 4. The van der Waals surface area contributed by atoms with Crippen molar-refractivity contribution in [1.29, 1.82) is 0 Å². The minimum absolute atomic E-state index is 0.107. The van der Waals surface area contributed by atoms with Crippen LogP contribution in [0.1, 0.15) is 110 Å². The van der Waals surface area contributed by atoms with E-state index in [0.717, 1.165) is 73.6 Å². The van der Waals surface area contributed by atoms with Crippen molar-refractivity contribution in [2.45, 2.75) is 102 Å². The van der Waals surface area contributed by atoms with Crippen LogP contribution in [0.2, 0.25) is 0 Å². The minimum atomic E-state index is -0.244. The van der Waals surface area contributed by atoms with Gasteiger partial charge in [-0.05, 0) is 163 Å². The molecule has 0 bridgehead atoms. The first-order chi connectivity index (χ1) is 26.4. The summed E-state index contributed by atoms with van der Waals surface area (Å²) in [7, 11) is 0. The van der Waals surface area contributed by atoms with Gasteiger partial charge in [0, 0.05) is 10.8 Å². The van der Waals surface area contributed by atoms with E-state index in [1.807, 2.05) is 48.6 Å². The highest BCUT2D eigenvalue weighted by Gasteiger charge is 2.48. The quantitative estimate of drug-likeness (QED) is 0.0972. The number of hydrogen-bond acceptors (Lipinski definition) is 4. The second kappa shape index (κ2) is 16.4. The number of hydrogen-bond donors (Lipinski definition) is 4. The lowest BCUT2D eigenvalue weighted by atomic mass is 9.53. The molecular weight excluding hydrogens is 677 g/mol. The average Bonchev–Trinajstić information content (AvgIpc) is 3.18. The molecule has 0 saturated heterocycles. The number of allylic oxidation sites excluding steroid dienone is 4. The number of rotatable bonds is 14. The van der Waals surface area contributed by atoms with Crippen molar-refractivity contribution < 1.29 is 20.4 Å². The zero-order chi connectivity index (χ0) is 39.4. The summed E-state index contributed by atoms with van der Waals surface area (Å²) in [6, 6.07) is 24.5. The zero-order valence-corrected chi connectivity index (χ0v) is 33.0. The van der Waals surface area contributed by atoms with Gasteiger partial charge < -0.3 is 20.4 Å². The molecule has 55 heavy (non-hydrogen) atoms. The van der Waals surface area contributed by atoms with Crippen molar-refractivity contribution in [3.8, 4) is 23.0 Å². The Balaban J connectivity index is 1.30. The highest BCUT2D eigenvalue weighted by molar-refractivity contribution is 5.51. The summed E-state index contributed by atoms with van der Waals surface area (Å²) in [4.78, 5) is 0. The van der Waals surface area contributed by atoms with E-state index in [-0.39, 0.29) is 16.2 Å². The topological polar surface area (TPSA) is 80.9 Å². The van der Waals surface area contributed by atoms with Gasteiger partial charge in [0.15, 0.2) is 0 Å². The third-order valence-electron chi connectivity index (χ3n) is 13.8. The Morgan fingerprint density at radius 3 is 0.927 bits per heavy atom. The van der Waals surface area contributed by atoms with E-state index in [4.69, 9.17) is 0 Å². The van der Waals surface area contributed by atoms with Crippen LogP contribution in [-0.2, 0) is 36.5 Å². The summed E-state index contributed by atoms with van der Waals surface area (Å²) in [6.45, 7) is 20.7. The summed E-state index contributed by atoms with van der Waals surface area (Å²) in [5.41, 5.74) is 8.03. The summed E-state index contributed by atoms with van der Waals surface area (Å²) in [5, 5.41) is 42.9. The van der Waals surface area contributed by atoms with Gasteiger partial charge in [-0.1, -0.05) is 86.7 Å². The van der Waals surface area contributed by atoms with E-state index < -0.39 is 0 Å². The third-order valence-corrected chi connectivity index (χ3v) is 13.8. The van der Waals surface area contributed by atoms with Gasteiger partial charge in [0.1, 0.15) is 23.0 Å². The maximum absolute atomic E-state index is 10.7. The van der Waals surface area contributed by atoms with E-state index in [2.05, 4.69) is 88.7 Å². The molecule has 288 valence electrons. The highest BCUT2D eigenvalue weighted by Crippen LogP contribution is 2.57. The van der Waals surface area contributed by atoms with Gasteiger partial charge in [-0.3, -0.25) is 0 Å². The van der Waals surface area contributed by atoms with Crippen molar-refractivity contribution in [2.75, 3.05) is 0 Å². The number of phenolic OH excluding ortho intramolecular Hbond substituents is 4. The van der Waals surface area contributed by atoms with Crippen LogP contribution in [0.5, 0.6) is 23.0 Å². The molecule has 0 heterocycles. The summed E-state index contributed by atoms with van der Waals surface area (Å²) >= 11 is 0. The van der Waals surface area contributed by atoms with Crippen LogP contribution in [0.4, 0.5) is 0 Å². The fraction of sp³-hybridized carbons (Fsp3) is 0.373. The predicted molar refractivity (Wildman–Crippen MR) is 227 cm³/mol. The molecule has 4 nitrogen and oxygen atoms in total. The molecular formula is C51H60O4. The van der Waals surface area contributed by atoms with E-state index >= 15 is 0 Å². The fourth-order valence-electron chi connectivity index (χ4n) is 10.3. The lowest BCUT2D eigenvalue weighted by Gasteiger charge is -2.52. The molecule has 0 amide bonds. The maximum atomic E-state index is 10.7. The Kier molecular flexibility index (Phi) is 11.9. The molecule has 2 fully saturated rings. The van der Waals surface area contributed by atoms with Crippen LogP contribution in [0.25, 0.3) is 0 Å². The van der Waals surface area contributed by atoms with Crippen LogP contribution < -0.4 is 0 Å². The Bertz CT molecular complexity index is 1770. The molecule has 4 aromatic carbocycles. The van der Waals surface area contributed by atoms with E-state index in [9.17, 15) is 20.4 Å². The molecule has 0 spiro atoms. The Morgan fingerprint density at radius 1 is 0.473 bits per heavy atom. The van der Waals surface area contributed by atoms with Gasteiger partial charge in [0.05, 0.1) is 0 Å². The maximum Gasteiger partial charge on any atom is 0.119 e. The molecule has 4 N–H and O–H groups in total. The molecule has 2 aliphatic carbocycles. The van der Waals surface area contributed by atoms with E-state index in [1.165, 1.54) is 22.3 Å². The van der Waals surface area contributed by atoms with E-state index in [1.54, 1.807) is 0 Å². The number of phenols is 4. The van der Waals surface area contributed by atoms with Gasteiger partial charge in [0.25, 0.3) is 0 Å². The first-order valence-electron chi connectivity index (χ1n) is 20.2. The molecule has 2 saturated carbocycles. The molecule has 6 rings (SSSR count). The first-order valence-corrected chi connectivity index (χ1v) is 20.2. The van der Waals surface area contributed by atoms with Crippen LogP contribution in [-0.4, -0.2) is 20.4 Å². The molecule has 2 aliphatic rings. The van der Waals surface area contributed by atoms with Crippen LogP contribution in [0.3, 0.4) is 0 Å². The highest BCUT2D eigenvalue weighted by atomic mass is 16.3. The molecule has 4 aromatic rings. The van der Waals surface area contributed by atoms with Crippen molar-refractivity contribution >= 4 is 0 Å². The van der Waals surface area contributed by atoms with Crippen molar-refractivity contribution in [3.05, 3.63) is 168 Å². The van der Waals surface area contributed by atoms with Gasteiger partial charge in [0.2, 0.25) is 0 Å². The monoisotopic (exact) mass is 736 g/mol. The van der Waals surface area contributed by atoms with E-state index in [0.29, 0.717) is 60.5 Å². The van der Waals surface area contributed by atoms with Crippen LogP contribution >= 0.6 is 0 Å². The second-order valence-corrected chi connectivity index (χ2v) is 16.9. The lowest BCUT2D eigenvalue weighted by molar-refractivity contribution is 0.0364. The molecule has 0 aromatic heterocycles. The van der Waals surface area contributed by atoms with Gasteiger partial charge >= 0.3 is 0 Å². The summed E-state index contributed by atoms with van der Waals surface area (Å²) < 4.78 is 0. The molecule has 4 heteroatoms. The zero-order valence-electron chi connectivity index (χ0n) is 33.0. The van der Waals surface area contributed by atoms with Crippen LogP contribution in [0, 0.1) is 17.3 Å². The Hall–Kier alpha value is -4.96. The van der Waals surface area contributed by atoms with Gasteiger partial charge in [-0.25, -0.2) is 0 Å².